The molecule has 1 fully saturated rings. The van der Waals surface area contributed by atoms with Crippen LogP contribution in [-0.2, 0) is 22.4 Å². The Morgan fingerprint density at radius 1 is 1.35 bits per heavy atom. The number of piperidine rings is 1. The molecule has 140 valence electrons. The fraction of sp³-hybridized carbons (Fsp3) is 0.556. The highest BCUT2D eigenvalue weighted by Gasteiger charge is 2.25. The first-order valence-corrected chi connectivity index (χ1v) is 8.89. The number of rotatable bonds is 6. The van der Waals surface area contributed by atoms with Gasteiger partial charge in [0, 0.05) is 36.7 Å². The number of likely N-dealkylation sites (tertiary alicyclic amines) is 1. The fourth-order valence-corrected chi connectivity index (χ4v) is 3.52. The number of carboxylic acid groups (broad SMARTS) is 1. The zero-order chi connectivity index (χ0) is 18.7. The number of carbonyl (C=O) groups excluding carboxylic acids is 1. The molecule has 2 aromatic rings. The van der Waals surface area contributed by atoms with Gasteiger partial charge in [-0.3, -0.25) is 14.7 Å². The number of carbonyl (C=O) groups is 2. The zero-order valence-electron chi connectivity index (χ0n) is 15.1. The van der Waals surface area contributed by atoms with E-state index in [9.17, 15) is 9.59 Å². The Morgan fingerprint density at radius 2 is 2.08 bits per heavy atom. The Hall–Kier alpha value is -2.64. The van der Waals surface area contributed by atoms with Gasteiger partial charge in [-0.2, -0.15) is 5.10 Å². The average Bonchev–Trinajstić information content (AvgIpc) is 3.19. The van der Waals surface area contributed by atoms with Crippen LogP contribution < -0.4 is 0 Å². The lowest BCUT2D eigenvalue weighted by molar-refractivity contribution is -0.136. The van der Waals surface area contributed by atoms with Crippen LogP contribution in [0.1, 0.15) is 53.6 Å². The summed E-state index contributed by atoms with van der Waals surface area (Å²) in [6.45, 7) is 5.16. The van der Waals surface area contributed by atoms with Crippen LogP contribution in [0, 0.1) is 13.8 Å². The highest BCUT2D eigenvalue weighted by Crippen LogP contribution is 2.27. The van der Waals surface area contributed by atoms with E-state index in [0.717, 1.165) is 35.6 Å². The Kier molecular flexibility index (Phi) is 5.39. The Balaban J connectivity index is 1.49. The third kappa shape index (κ3) is 4.12. The smallest absolute Gasteiger partial charge is 0.309 e. The predicted molar refractivity (Wildman–Crippen MR) is 92.8 cm³/mol. The van der Waals surface area contributed by atoms with E-state index in [0.29, 0.717) is 31.6 Å². The number of aliphatic carboxylic acids is 1. The molecule has 0 aliphatic carbocycles. The molecule has 0 spiro atoms. The van der Waals surface area contributed by atoms with E-state index in [2.05, 4.69) is 15.4 Å². The monoisotopic (exact) mass is 360 g/mol. The molecule has 1 aliphatic heterocycles. The van der Waals surface area contributed by atoms with Crippen LogP contribution in [0.15, 0.2) is 10.6 Å². The van der Waals surface area contributed by atoms with Crippen molar-refractivity contribution in [2.24, 2.45) is 0 Å². The minimum Gasteiger partial charge on any atom is -0.481 e. The summed E-state index contributed by atoms with van der Waals surface area (Å²) in [5.41, 5.74) is 3.38. The number of hydrogen-bond donors (Lipinski definition) is 2. The molecule has 0 unspecified atom stereocenters. The Morgan fingerprint density at radius 3 is 2.69 bits per heavy atom. The quantitative estimate of drug-likeness (QED) is 0.814. The first-order chi connectivity index (χ1) is 12.4. The Labute approximate surface area is 151 Å². The number of H-pyrrole nitrogens is 1. The third-order valence-corrected chi connectivity index (χ3v) is 5.03. The van der Waals surface area contributed by atoms with Crippen LogP contribution in [0.25, 0.3) is 0 Å². The second kappa shape index (κ2) is 7.72. The van der Waals surface area contributed by atoms with E-state index in [1.807, 2.05) is 24.8 Å². The molecule has 0 bridgehead atoms. The van der Waals surface area contributed by atoms with Crippen molar-refractivity contribution < 1.29 is 19.2 Å². The van der Waals surface area contributed by atoms with Crippen LogP contribution in [0.2, 0.25) is 0 Å². The van der Waals surface area contributed by atoms with Crippen molar-refractivity contribution in [1.82, 2.24) is 20.3 Å². The molecular formula is C18H24N4O4. The summed E-state index contributed by atoms with van der Waals surface area (Å²) in [6, 6.07) is 1.83. The molecule has 2 N–H and O–H groups in total. The zero-order valence-corrected chi connectivity index (χ0v) is 15.1. The van der Waals surface area contributed by atoms with Gasteiger partial charge in [0.2, 0.25) is 5.91 Å². The summed E-state index contributed by atoms with van der Waals surface area (Å²) >= 11 is 0. The molecule has 8 heteroatoms. The summed E-state index contributed by atoms with van der Waals surface area (Å²) in [5.74, 6) is 0.320. The lowest BCUT2D eigenvalue weighted by atomic mass is 9.93. The van der Waals surface area contributed by atoms with E-state index in [-0.39, 0.29) is 18.2 Å². The Bertz CT molecular complexity index is 767. The number of nitrogens with one attached hydrogen (secondary N) is 1. The van der Waals surface area contributed by atoms with Crippen LogP contribution >= 0.6 is 0 Å². The maximum Gasteiger partial charge on any atom is 0.309 e. The number of aromatic nitrogens is 3. The van der Waals surface area contributed by atoms with Crippen molar-refractivity contribution in [3.05, 3.63) is 34.5 Å². The fourth-order valence-electron chi connectivity index (χ4n) is 3.52. The van der Waals surface area contributed by atoms with Gasteiger partial charge in [-0.25, -0.2) is 0 Å². The predicted octanol–water partition coefficient (Wildman–Crippen LogP) is 1.98. The van der Waals surface area contributed by atoms with E-state index in [4.69, 9.17) is 9.63 Å². The number of hydrogen-bond acceptors (Lipinski definition) is 5. The topological polar surface area (TPSA) is 112 Å². The van der Waals surface area contributed by atoms with Crippen LogP contribution in [0.4, 0.5) is 0 Å². The molecule has 0 saturated carbocycles. The lowest BCUT2D eigenvalue weighted by Crippen LogP contribution is -2.38. The summed E-state index contributed by atoms with van der Waals surface area (Å²) < 4.78 is 5.14. The molecule has 8 nitrogen and oxygen atoms in total. The van der Waals surface area contributed by atoms with Gasteiger partial charge in [0.15, 0.2) is 0 Å². The minimum atomic E-state index is -0.876. The molecule has 3 heterocycles. The molecule has 0 aromatic carbocycles. The minimum absolute atomic E-state index is 0.0496. The molecular weight excluding hydrogens is 336 g/mol. The van der Waals surface area contributed by atoms with E-state index in [1.54, 1.807) is 0 Å². The maximum absolute atomic E-state index is 12.5. The molecule has 2 aromatic heterocycles. The maximum atomic E-state index is 12.5. The molecule has 0 atom stereocenters. The second-order valence-electron chi connectivity index (χ2n) is 6.85. The summed E-state index contributed by atoms with van der Waals surface area (Å²) in [4.78, 5) is 25.1. The summed E-state index contributed by atoms with van der Waals surface area (Å²) in [7, 11) is 0. The van der Waals surface area contributed by atoms with Gasteiger partial charge in [0.25, 0.3) is 0 Å². The van der Waals surface area contributed by atoms with Crippen molar-refractivity contribution in [3.8, 4) is 0 Å². The number of nitrogens with zero attached hydrogens (tertiary/aromatic N) is 3. The normalized spacial score (nSPS) is 15.4. The number of aryl methyl sites for hydroxylation is 2. The van der Waals surface area contributed by atoms with Crippen molar-refractivity contribution in [3.63, 3.8) is 0 Å². The largest absolute Gasteiger partial charge is 0.481 e. The van der Waals surface area contributed by atoms with Crippen LogP contribution in [-0.4, -0.2) is 50.3 Å². The van der Waals surface area contributed by atoms with Gasteiger partial charge < -0.3 is 14.5 Å². The number of amides is 1. The third-order valence-electron chi connectivity index (χ3n) is 5.03. The van der Waals surface area contributed by atoms with Crippen LogP contribution in [0.5, 0.6) is 0 Å². The van der Waals surface area contributed by atoms with Crippen molar-refractivity contribution in [1.29, 1.82) is 0 Å². The van der Waals surface area contributed by atoms with Crippen LogP contribution in [0.3, 0.4) is 0 Å². The van der Waals surface area contributed by atoms with E-state index >= 15 is 0 Å². The van der Waals surface area contributed by atoms with Crippen molar-refractivity contribution in [2.75, 3.05) is 13.1 Å². The second-order valence-corrected chi connectivity index (χ2v) is 6.85. The molecule has 1 saturated heterocycles. The molecule has 1 aliphatic rings. The molecule has 3 rings (SSSR count). The van der Waals surface area contributed by atoms with Crippen molar-refractivity contribution >= 4 is 11.9 Å². The summed E-state index contributed by atoms with van der Waals surface area (Å²) in [5, 5.41) is 19.8. The molecule has 1 amide bonds. The van der Waals surface area contributed by atoms with Crippen molar-refractivity contribution in [2.45, 2.75) is 51.9 Å². The van der Waals surface area contributed by atoms with E-state index in [1.165, 1.54) is 0 Å². The SMILES string of the molecule is Cc1noc(C)c1CCC(=O)N1CCC(c2cc(CC(=O)O)[nH]n2)CC1. The highest BCUT2D eigenvalue weighted by atomic mass is 16.5. The van der Waals surface area contributed by atoms with Gasteiger partial charge >= 0.3 is 5.97 Å². The first-order valence-electron chi connectivity index (χ1n) is 8.89. The average molecular weight is 360 g/mol. The summed E-state index contributed by atoms with van der Waals surface area (Å²) in [6.07, 6.45) is 2.74. The van der Waals surface area contributed by atoms with Gasteiger partial charge in [-0.1, -0.05) is 5.16 Å². The van der Waals surface area contributed by atoms with Gasteiger partial charge in [0.05, 0.1) is 17.8 Å². The van der Waals surface area contributed by atoms with Gasteiger partial charge in [0.1, 0.15) is 5.76 Å². The number of aromatic amines is 1. The van der Waals surface area contributed by atoms with Gasteiger partial charge in [-0.15, -0.1) is 0 Å². The first kappa shape index (κ1) is 18.2. The standard InChI is InChI=1S/C18H24N4O4/c1-11-15(12(2)26-21-11)3-4-17(23)22-7-5-13(6-8-22)16-9-14(19-20-16)10-18(24)25/h9,13H,3-8,10H2,1-2H3,(H,19,20)(H,24,25). The lowest BCUT2D eigenvalue weighted by Gasteiger charge is -2.31. The molecule has 0 radical (unpaired) electrons. The number of carboxylic acids is 1. The molecule has 26 heavy (non-hydrogen) atoms. The van der Waals surface area contributed by atoms with E-state index < -0.39 is 5.97 Å². The highest BCUT2D eigenvalue weighted by molar-refractivity contribution is 5.76. The van der Waals surface area contributed by atoms with Gasteiger partial charge in [-0.05, 0) is 39.2 Å².